The maximum absolute atomic E-state index is 10.8. The molecule has 17 heavy (non-hydrogen) atoms. The minimum Gasteiger partial charge on any atom is -0.480 e. The minimum absolute atomic E-state index is 0.191. The molecule has 3 N–H and O–H groups in total. The van der Waals surface area contributed by atoms with Crippen LogP contribution in [0.4, 0.5) is 0 Å². The lowest BCUT2D eigenvalue weighted by Crippen LogP contribution is -2.44. The molecule has 1 unspecified atom stereocenters. The molecule has 5 nitrogen and oxygen atoms in total. The Morgan fingerprint density at radius 2 is 1.88 bits per heavy atom. The number of benzene rings is 1. The number of hydrogen-bond acceptors (Lipinski definition) is 3. The van der Waals surface area contributed by atoms with E-state index in [9.17, 15) is 9.59 Å². The second-order valence-electron chi connectivity index (χ2n) is 4.07. The monoisotopic (exact) mass is 235 g/mol. The van der Waals surface area contributed by atoms with Crippen LogP contribution in [0.1, 0.15) is 23.6 Å². The van der Waals surface area contributed by atoms with Gasteiger partial charge in [-0.1, -0.05) is 24.3 Å². The van der Waals surface area contributed by atoms with Crippen LogP contribution < -0.4 is 5.32 Å². The van der Waals surface area contributed by atoms with Crippen LogP contribution in [0.5, 0.6) is 0 Å². The van der Waals surface area contributed by atoms with Gasteiger partial charge in [0.05, 0.1) is 0 Å². The molecule has 1 aliphatic carbocycles. The summed E-state index contributed by atoms with van der Waals surface area (Å²) in [5.74, 6) is -2.72. The average Bonchev–Trinajstić information content (AvgIpc) is 2.68. The fraction of sp³-hybridized carbons (Fsp3) is 0.333. The third kappa shape index (κ3) is 2.29. The van der Waals surface area contributed by atoms with Crippen molar-refractivity contribution in [2.75, 3.05) is 0 Å². The van der Waals surface area contributed by atoms with E-state index in [4.69, 9.17) is 10.2 Å². The third-order valence-electron chi connectivity index (χ3n) is 2.99. The second-order valence-corrected chi connectivity index (χ2v) is 4.07. The van der Waals surface area contributed by atoms with Gasteiger partial charge in [0, 0.05) is 6.04 Å². The number of fused-ring (bicyclic) bond motifs is 1. The predicted molar refractivity (Wildman–Crippen MR) is 59.7 cm³/mol. The normalized spacial score (nSPS) is 18.1. The molecule has 0 saturated heterocycles. The molecular formula is C12H13NO4. The van der Waals surface area contributed by atoms with E-state index in [0.29, 0.717) is 0 Å². The number of aliphatic carboxylic acids is 2. The molecule has 0 radical (unpaired) electrons. The van der Waals surface area contributed by atoms with E-state index >= 15 is 0 Å². The molecule has 2 rings (SSSR count). The van der Waals surface area contributed by atoms with Crippen LogP contribution in [-0.2, 0) is 16.0 Å². The van der Waals surface area contributed by atoms with Crippen molar-refractivity contribution in [3.63, 3.8) is 0 Å². The van der Waals surface area contributed by atoms with Crippen LogP contribution in [0.3, 0.4) is 0 Å². The van der Waals surface area contributed by atoms with Gasteiger partial charge in [0.25, 0.3) is 0 Å². The van der Waals surface area contributed by atoms with Gasteiger partial charge >= 0.3 is 11.9 Å². The highest BCUT2D eigenvalue weighted by Gasteiger charge is 2.31. The van der Waals surface area contributed by atoms with Crippen LogP contribution in [0.25, 0.3) is 0 Å². The van der Waals surface area contributed by atoms with E-state index in [1.807, 2.05) is 24.3 Å². The van der Waals surface area contributed by atoms with Crippen LogP contribution in [-0.4, -0.2) is 28.2 Å². The van der Waals surface area contributed by atoms with Crippen LogP contribution in [0.2, 0.25) is 0 Å². The Morgan fingerprint density at radius 3 is 2.53 bits per heavy atom. The average molecular weight is 235 g/mol. The minimum atomic E-state index is -1.55. The van der Waals surface area contributed by atoms with E-state index in [0.717, 1.165) is 24.0 Å². The lowest BCUT2D eigenvalue weighted by Gasteiger charge is -2.17. The maximum Gasteiger partial charge on any atom is 0.332 e. The summed E-state index contributed by atoms with van der Waals surface area (Å²) >= 11 is 0. The highest BCUT2D eigenvalue weighted by Crippen LogP contribution is 2.30. The molecule has 0 saturated carbocycles. The number of carbonyl (C=O) groups is 2. The van der Waals surface area contributed by atoms with Crippen molar-refractivity contribution in [1.82, 2.24) is 5.32 Å². The zero-order valence-electron chi connectivity index (χ0n) is 9.09. The summed E-state index contributed by atoms with van der Waals surface area (Å²) < 4.78 is 0. The van der Waals surface area contributed by atoms with Crippen LogP contribution in [0.15, 0.2) is 24.3 Å². The Balaban J connectivity index is 2.16. The van der Waals surface area contributed by atoms with Crippen molar-refractivity contribution in [1.29, 1.82) is 0 Å². The highest BCUT2D eigenvalue weighted by atomic mass is 16.4. The molecule has 0 heterocycles. The summed E-state index contributed by atoms with van der Waals surface area (Å²) in [6.07, 6.45) is 1.58. The van der Waals surface area contributed by atoms with Crippen molar-refractivity contribution in [2.24, 2.45) is 0 Å². The van der Waals surface area contributed by atoms with Crippen LogP contribution >= 0.6 is 0 Å². The summed E-state index contributed by atoms with van der Waals surface area (Å²) in [4.78, 5) is 21.6. The number of aryl methyl sites for hydroxylation is 1. The van der Waals surface area contributed by atoms with Crippen LogP contribution in [0, 0.1) is 0 Å². The van der Waals surface area contributed by atoms with E-state index in [1.54, 1.807) is 0 Å². The van der Waals surface area contributed by atoms with Crippen molar-refractivity contribution in [2.45, 2.75) is 24.9 Å². The van der Waals surface area contributed by atoms with Gasteiger partial charge in [-0.2, -0.15) is 0 Å². The largest absolute Gasteiger partial charge is 0.480 e. The molecule has 0 amide bonds. The number of carboxylic acids is 2. The third-order valence-corrected chi connectivity index (χ3v) is 2.99. The summed E-state index contributed by atoms with van der Waals surface area (Å²) in [5.41, 5.74) is 2.15. The molecule has 1 atom stereocenters. The van der Waals surface area contributed by atoms with Gasteiger partial charge in [0.2, 0.25) is 6.04 Å². The zero-order valence-corrected chi connectivity index (χ0v) is 9.09. The quantitative estimate of drug-likeness (QED) is 0.672. The first-order valence-electron chi connectivity index (χ1n) is 5.39. The Morgan fingerprint density at radius 1 is 1.24 bits per heavy atom. The van der Waals surface area contributed by atoms with Crippen molar-refractivity contribution in [3.05, 3.63) is 35.4 Å². The number of rotatable bonds is 4. The molecule has 5 heteroatoms. The Hall–Kier alpha value is -1.88. The molecule has 1 aliphatic rings. The summed E-state index contributed by atoms with van der Waals surface area (Å²) in [6, 6.07) is 5.94. The lowest BCUT2D eigenvalue weighted by molar-refractivity contribution is -0.151. The Bertz CT molecular complexity index is 444. The van der Waals surface area contributed by atoms with Gasteiger partial charge in [-0.25, -0.2) is 9.59 Å². The van der Waals surface area contributed by atoms with Crippen molar-refractivity contribution >= 4 is 11.9 Å². The number of hydrogen-bond donors (Lipinski definition) is 3. The molecule has 0 spiro atoms. The molecular weight excluding hydrogens is 222 g/mol. The smallest absolute Gasteiger partial charge is 0.332 e. The highest BCUT2D eigenvalue weighted by molar-refractivity contribution is 5.97. The summed E-state index contributed by atoms with van der Waals surface area (Å²) in [6.45, 7) is 0. The first kappa shape index (κ1) is 11.6. The molecule has 1 aromatic carbocycles. The Labute approximate surface area is 98.1 Å². The van der Waals surface area contributed by atoms with Gasteiger partial charge < -0.3 is 10.2 Å². The molecule has 1 aromatic rings. The van der Waals surface area contributed by atoms with Crippen molar-refractivity contribution in [3.8, 4) is 0 Å². The first-order chi connectivity index (χ1) is 8.09. The standard InChI is InChI=1S/C12H13NO4/c14-11(15)10(12(16)17)13-9-6-5-7-3-1-2-4-8(7)9/h1-4,9-10,13H,5-6H2,(H,14,15)(H,16,17). The van der Waals surface area contributed by atoms with E-state index in [-0.39, 0.29) is 6.04 Å². The van der Waals surface area contributed by atoms with E-state index in [2.05, 4.69) is 5.32 Å². The molecule has 0 fully saturated rings. The predicted octanol–water partition coefficient (Wildman–Crippen LogP) is 0.801. The second kappa shape index (κ2) is 4.55. The molecule has 0 aliphatic heterocycles. The summed E-state index contributed by atoms with van der Waals surface area (Å²) in [7, 11) is 0. The Kier molecular flexibility index (Phi) is 3.10. The topological polar surface area (TPSA) is 86.6 Å². The molecule has 90 valence electrons. The first-order valence-corrected chi connectivity index (χ1v) is 5.39. The fourth-order valence-corrected chi connectivity index (χ4v) is 2.18. The maximum atomic E-state index is 10.8. The molecule has 0 bridgehead atoms. The van der Waals surface area contributed by atoms with Crippen molar-refractivity contribution < 1.29 is 19.8 Å². The van der Waals surface area contributed by atoms with E-state index in [1.165, 1.54) is 0 Å². The van der Waals surface area contributed by atoms with E-state index < -0.39 is 18.0 Å². The van der Waals surface area contributed by atoms with Gasteiger partial charge in [-0.3, -0.25) is 5.32 Å². The van der Waals surface area contributed by atoms with Gasteiger partial charge in [0.15, 0.2) is 0 Å². The summed E-state index contributed by atoms with van der Waals surface area (Å²) in [5, 5.41) is 20.3. The fourth-order valence-electron chi connectivity index (χ4n) is 2.18. The SMILES string of the molecule is O=C(O)C(NC1CCc2ccccc21)C(=O)O. The van der Waals surface area contributed by atoms with Gasteiger partial charge in [-0.15, -0.1) is 0 Å². The zero-order chi connectivity index (χ0) is 12.4. The number of carboxylic acid groups (broad SMARTS) is 2. The number of nitrogens with one attached hydrogen (secondary N) is 1. The molecule has 0 aromatic heterocycles. The lowest BCUT2D eigenvalue weighted by atomic mass is 10.1. The van der Waals surface area contributed by atoms with Gasteiger partial charge in [0.1, 0.15) is 0 Å². The van der Waals surface area contributed by atoms with Gasteiger partial charge in [-0.05, 0) is 24.0 Å².